The van der Waals surface area contributed by atoms with Gasteiger partial charge in [-0.2, -0.15) is 0 Å². The molecular formula is C18H18BNO3. The molecule has 0 aliphatic carbocycles. The summed E-state index contributed by atoms with van der Waals surface area (Å²) in [6.07, 6.45) is 0.851. The summed E-state index contributed by atoms with van der Waals surface area (Å²) in [4.78, 5) is 4.60. The standard InChI is InChI=1S/C18H18BNO3/c1-2-15-11-18(16-5-3-4-6-17(16)20-15)23-12-13-7-9-14(10-8-13)19(21)22/h3-11,21-22H,2,12H2,1H3. The van der Waals surface area contributed by atoms with Crippen molar-refractivity contribution in [1.29, 1.82) is 0 Å². The van der Waals surface area contributed by atoms with Crippen LogP contribution >= 0.6 is 0 Å². The van der Waals surface area contributed by atoms with Gasteiger partial charge in [-0.15, -0.1) is 0 Å². The molecule has 2 aromatic carbocycles. The zero-order valence-electron chi connectivity index (χ0n) is 12.9. The van der Waals surface area contributed by atoms with E-state index in [0.717, 1.165) is 34.3 Å². The van der Waals surface area contributed by atoms with Gasteiger partial charge in [0.15, 0.2) is 0 Å². The van der Waals surface area contributed by atoms with Gasteiger partial charge in [-0.25, -0.2) is 0 Å². The number of para-hydroxylation sites is 1. The molecule has 1 aromatic heterocycles. The molecule has 0 saturated heterocycles. The Hall–Kier alpha value is -2.37. The van der Waals surface area contributed by atoms with E-state index in [-0.39, 0.29) is 0 Å². The first-order chi connectivity index (χ1) is 11.2. The van der Waals surface area contributed by atoms with Crippen LogP contribution in [0.2, 0.25) is 0 Å². The third-order valence-electron chi connectivity index (χ3n) is 3.77. The summed E-state index contributed by atoms with van der Waals surface area (Å²) in [5.74, 6) is 0.818. The largest absolute Gasteiger partial charge is 0.488 e. The number of hydrogen-bond acceptors (Lipinski definition) is 4. The number of ether oxygens (including phenoxy) is 1. The van der Waals surface area contributed by atoms with Gasteiger partial charge in [-0.1, -0.05) is 43.3 Å². The van der Waals surface area contributed by atoms with E-state index in [2.05, 4.69) is 11.9 Å². The summed E-state index contributed by atoms with van der Waals surface area (Å²) < 4.78 is 5.98. The smallest absolute Gasteiger partial charge is 0.488 e. The number of fused-ring (bicyclic) bond motifs is 1. The van der Waals surface area contributed by atoms with Crippen LogP contribution < -0.4 is 10.2 Å². The number of hydrogen-bond donors (Lipinski definition) is 2. The van der Waals surface area contributed by atoms with Crippen molar-refractivity contribution in [2.75, 3.05) is 0 Å². The van der Waals surface area contributed by atoms with Gasteiger partial charge in [0.2, 0.25) is 0 Å². The van der Waals surface area contributed by atoms with Crippen molar-refractivity contribution in [2.45, 2.75) is 20.0 Å². The number of nitrogens with zero attached hydrogens (tertiary/aromatic N) is 1. The quantitative estimate of drug-likeness (QED) is 0.708. The molecule has 1 heterocycles. The van der Waals surface area contributed by atoms with Gasteiger partial charge in [0.25, 0.3) is 0 Å². The summed E-state index contributed by atoms with van der Waals surface area (Å²) >= 11 is 0. The highest BCUT2D eigenvalue weighted by Crippen LogP contribution is 2.26. The first-order valence-corrected chi connectivity index (χ1v) is 7.64. The Morgan fingerprint density at radius 1 is 1.04 bits per heavy atom. The van der Waals surface area contributed by atoms with Gasteiger partial charge in [-0.3, -0.25) is 4.98 Å². The van der Waals surface area contributed by atoms with Gasteiger partial charge < -0.3 is 14.8 Å². The minimum atomic E-state index is -1.44. The van der Waals surface area contributed by atoms with Gasteiger partial charge >= 0.3 is 7.12 Å². The fraction of sp³-hybridized carbons (Fsp3) is 0.167. The Morgan fingerprint density at radius 3 is 2.48 bits per heavy atom. The molecule has 4 nitrogen and oxygen atoms in total. The SMILES string of the molecule is CCc1cc(OCc2ccc(B(O)O)cc2)c2ccccc2n1. The molecule has 0 aliphatic heterocycles. The van der Waals surface area contributed by atoms with Crippen molar-refractivity contribution in [3.8, 4) is 5.75 Å². The number of pyridine rings is 1. The van der Waals surface area contributed by atoms with Crippen molar-refractivity contribution < 1.29 is 14.8 Å². The Morgan fingerprint density at radius 2 is 1.78 bits per heavy atom. The van der Waals surface area contributed by atoms with Gasteiger partial charge in [0.1, 0.15) is 12.4 Å². The zero-order chi connectivity index (χ0) is 16.2. The van der Waals surface area contributed by atoms with Crippen LogP contribution in [0.15, 0.2) is 54.6 Å². The number of benzene rings is 2. The monoisotopic (exact) mass is 307 g/mol. The van der Waals surface area contributed by atoms with Crippen LogP contribution in [-0.2, 0) is 13.0 Å². The third-order valence-corrected chi connectivity index (χ3v) is 3.77. The van der Waals surface area contributed by atoms with Crippen LogP contribution in [0.5, 0.6) is 5.75 Å². The molecule has 3 rings (SSSR count). The highest BCUT2D eigenvalue weighted by molar-refractivity contribution is 6.58. The second kappa shape index (κ2) is 6.81. The maximum atomic E-state index is 9.12. The molecule has 0 amide bonds. The first kappa shape index (κ1) is 15.5. The Labute approximate surface area is 135 Å². The summed E-state index contributed by atoms with van der Waals surface area (Å²) in [7, 11) is -1.44. The van der Waals surface area contributed by atoms with Gasteiger partial charge in [0.05, 0.1) is 5.52 Å². The minimum absolute atomic E-state index is 0.416. The minimum Gasteiger partial charge on any atom is -0.488 e. The van der Waals surface area contributed by atoms with E-state index < -0.39 is 7.12 Å². The summed E-state index contributed by atoms with van der Waals surface area (Å²) in [5, 5.41) is 19.2. The Bertz CT molecular complexity index is 803. The fourth-order valence-electron chi connectivity index (χ4n) is 2.44. The van der Waals surface area contributed by atoms with E-state index >= 15 is 0 Å². The molecule has 0 unspecified atom stereocenters. The average Bonchev–Trinajstić information content (AvgIpc) is 2.59. The zero-order valence-corrected chi connectivity index (χ0v) is 12.9. The highest BCUT2D eigenvalue weighted by atomic mass is 16.5. The van der Waals surface area contributed by atoms with Crippen LogP contribution in [0.25, 0.3) is 10.9 Å². The lowest BCUT2D eigenvalue weighted by molar-refractivity contribution is 0.309. The normalized spacial score (nSPS) is 10.7. The molecule has 0 spiro atoms. The average molecular weight is 307 g/mol. The maximum Gasteiger partial charge on any atom is 0.488 e. The molecule has 0 bridgehead atoms. The lowest BCUT2D eigenvalue weighted by atomic mass is 9.80. The number of aromatic nitrogens is 1. The Kier molecular flexibility index (Phi) is 4.60. The lowest BCUT2D eigenvalue weighted by Gasteiger charge is -2.11. The molecule has 5 heteroatoms. The van der Waals surface area contributed by atoms with Gasteiger partial charge in [0, 0.05) is 17.1 Å². The topological polar surface area (TPSA) is 62.6 Å². The van der Waals surface area contributed by atoms with E-state index in [1.54, 1.807) is 12.1 Å². The molecule has 0 saturated carbocycles. The third kappa shape index (κ3) is 3.52. The van der Waals surface area contributed by atoms with Crippen molar-refractivity contribution in [2.24, 2.45) is 0 Å². The molecule has 0 aliphatic rings. The number of aryl methyl sites for hydroxylation is 1. The lowest BCUT2D eigenvalue weighted by Crippen LogP contribution is -2.29. The number of rotatable bonds is 5. The van der Waals surface area contributed by atoms with E-state index in [1.165, 1.54) is 0 Å². The predicted molar refractivity (Wildman–Crippen MR) is 91.7 cm³/mol. The summed E-state index contributed by atoms with van der Waals surface area (Å²) in [5.41, 5.74) is 3.36. The van der Waals surface area contributed by atoms with E-state index in [0.29, 0.717) is 12.1 Å². The van der Waals surface area contributed by atoms with Crippen molar-refractivity contribution in [3.63, 3.8) is 0 Å². The predicted octanol–water partition coefficient (Wildman–Crippen LogP) is 2.06. The first-order valence-electron chi connectivity index (χ1n) is 7.64. The van der Waals surface area contributed by atoms with Crippen LogP contribution in [-0.4, -0.2) is 22.2 Å². The summed E-state index contributed by atoms with van der Waals surface area (Å²) in [6, 6.07) is 16.9. The van der Waals surface area contributed by atoms with E-state index in [4.69, 9.17) is 14.8 Å². The van der Waals surface area contributed by atoms with Crippen LogP contribution in [0.3, 0.4) is 0 Å². The second-order valence-electron chi connectivity index (χ2n) is 5.39. The van der Waals surface area contributed by atoms with Crippen LogP contribution in [0.1, 0.15) is 18.2 Å². The summed E-state index contributed by atoms with van der Waals surface area (Å²) in [6.45, 7) is 2.48. The van der Waals surface area contributed by atoms with Crippen LogP contribution in [0.4, 0.5) is 0 Å². The van der Waals surface area contributed by atoms with Gasteiger partial charge in [-0.05, 0) is 29.6 Å². The molecule has 3 aromatic rings. The molecular weight excluding hydrogens is 289 g/mol. The maximum absolute atomic E-state index is 9.12. The molecule has 0 radical (unpaired) electrons. The van der Waals surface area contributed by atoms with Crippen molar-refractivity contribution >= 4 is 23.5 Å². The van der Waals surface area contributed by atoms with Crippen molar-refractivity contribution in [3.05, 3.63) is 65.9 Å². The fourth-order valence-corrected chi connectivity index (χ4v) is 2.44. The molecule has 0 fully saturated rings. The molecule has 0 atom stereocenters. The second-order valence-corrected chi connectivity index (χ2v) is 5.39. The van der Waals surface area contributed by atoms with Crippen LogP contribution in [0, 0.1) is 0 Å². The molecule has 116 valence electrons. The highest BCUT2D eigenvalue weighted by Gasteiger charge is 2.10. The van der Waals surface area contributed by atoms with Crippen molar-refractivity contribution in [1.82, 2.24) is 4.98 Å². The molecule has 23 heavy (non-hydrogen) atoms. The molecule has 2 N–H and O–H groups in total. The van der Waals surface area contributed by atoms with E-state index in [1.807, 2.05) is 42.5 Å². The Balaban J connectivity index is 1.83. The van der Waals surface area contributed by atoms with E-state index in [9.17, 15) is 0 Å².